The average molecular weight is 335 g/mol. The second-order valence-corrected chi connectivity index (χ2v) is 5.66. The summed E-state index contributed by atoms with van der Waals surface area (Å²) < 4.78 is 6.89. The van der Waals surface area contributed by atoms with Gasteiger partial charge in [-0.3, -0.25) is 0 Å². The molecular formula is C17H19BrO2. The van der Waals surface area contributed by atoms with Gasteiger partial charge in [0.1, 0.15) is 12.4 Å². The van der Waals surface area contributed by atoms with Crippen molar-refractivity contribution in [2.45, 2.75) is 25.9 Å². The Hall–Kier alpha value is -1.32. The van der Waals surface area contributed by atoms with E-state index in [2.05, 4.69) is 40.2 Å². The molecule has 0 radical (unpaired) electrons. The van der Waals surface area contributed by atoms with Crippen LogP contribution in [-0.4, -0.2) is 11.7 Å². The lowest BCUT2D eigenvalue weighted by Gasteiger charge is -2.08. The fraction of sp³-hybridized carbons (Fsp3) is 0.294. The van der Waals surface area contributed by atoms with Gasteiger partial charge in [0, 0.05) is 11.1 Å². The number of aryl methyl sites for hydroxylation is 1. The highest BCUT2D eigenvalue weighted by atomic mass is 79.9. The van der Waals surface area contributed by atoms with Gasteiger partial charge in [0.05, 0.1) is 0 Å². The number of unbranched alkanes of at least 4 members (excludes halogenated alkanes) is 1. The summed E-state index contributed by atoms with van der Waals surface area (Å²) in [7, 11) is 0. The first-order chi connectivity index (χ1) is 9.78. The number of hydrogen-bond acceptors (Lipinski definition) is 2. The van der Waals surface area contributed by atoms with Crippen LogP contribution in [0.1, 0.15) is 24.0 Å². The maximum atomic E-state index is 8.80. The summed E-state index contributed by atoms with van der Waals surface area (Å²) in [5.41, 5.74) is 2.40. The van der Waals surface area contributed by atoms with E-state index in [1.54, 1.807) is 0 Å². The Bertz CT molecular complexity index is 540. The van der Waals surface area contributed by atoms with Crippen molar-refractivity contribution in [2.24, 2.45) is 0 Å². The van der Waals surface area contributed by atoms with E-state index in [1.807, 2.05) is 24.3 Å². The van der Waals surface area contributed by atoms with Crippen molar-refractivity contribution in [3.05, 3.63) is 64.1 Å². The Morgan fingerprint density at radius 1 is 0.950 bits per heavy atom. The average Bonchev–Trinajstić information content (AvgIpc) is 2.46. The molecule has 3 heteroatoms. The molecule has 0 fully saturated rings. The zero-order valence-electron chi connectivity index (χ0n) is 11.4. The van der Waals surface area contributed by atoms with Gasteiger partial charge in [0.2, 0.25) is 0 Å². The molecule has 0 aliphatic carbocycles. The topological polar surface area (TPSA) is 29.5 Å². The van der Waals surface area contributed by atoms with E-state index in [4.69, 9.17) is 9.84 Å². The van der Waals surface area contributed by atoms with E-state index < -0.39 is 0 Å². The summed E-state index contributed by atoms with van der Waals surface area (Å²) in [5.74, 6) is 0.895. The quantitative estimate of drug-likeness (QED) is 0.763. The van der Waals surface area contributed by atoms with Crippen LogP contribution in [0.2, 0.25) is 0 Å². The zero-order chi connectivity index (χ0) is 14.2. The first kappa shape index (κ1) is 15.1. The van der Waals surface area contributed by atoms with Crippen LogP contribution in [0.3, 0.4) is 0 Å². The number of aliphatic hydroxyl groups is 1. The van der Waals surface area contributed by atoms with Crippen molar-refractivity contribution in [2.75, 3.05) is 6.61 Å². The summed E-state index contributed by atoms with van der Waals surface area (Å²) in [6, 6.07) is 16.3. The van der Waals surface area contributed by atoms with Crippen LogP contribution >= 0.6 is 15.9 Å². The number of hydrogen-bond donors (Lipinski definition) is 1. The number of aliphatic hydroxyl groups excluding tert-OH is 1. The Balaban J connectivity index is 1.91. The second kappa shape index (κ2) is 8.08. The van der Waals surface area contributed by atoms with Gasteiger partial charge in [-0.2, -0.15) is 0 Å². The van der Waals surface area contributed by atoms with Gasteiger partial charge < -0.3 is 9.84 Å². The van der Waals surface area contributed by atoms with Crippen LogP contribution < -0.4 is 4.74 Å². The lowest BCUT2D eigenvalue weighted by molar-refractivity contribution is 0.284. The molecule has 0 saturated heterocycles. The predicted molar refractivity (Wildman–Crippen MR) is 84.9 cm³/mol. The van der Waals surface area contributed by atoms with E-state index >= 15 is 0 Å². The van der Waals surface area contributed by atoms with Gasteiger partial charge in [-0.05, 0) is 54.7 Å². The fourth-order valence-corrected chi connectivity index (χ4v) is 2.47. The minimum absolute atomic E-state index is 0.263. The highest BCUT2D eigenvalue weighted by molar-refractivity contribution is 9.10. The summed E-state index contributed by atoms with van der Waals surface area (Å²) in [6.45, 7) is 0.832. The van der Waals surface area contributed by atoms with Crippen molar-refractivity contribution in [3.63, 3.8) is 0 Å². The molecule has 2 rings (SSSR count). The monoisotopic (exact) mass is 334 g/mol. The molecule has 0 amide bonds. The lowest BCUT2D eigenvalue weighted by atomic mass is 10.1. The van der Waals surface area contributed by atoms with Gasteiger partial charge in [-0.1, -0.05) is 40.2 Å². The molecule has 1 N–H and O–H groups in total. The third-order valence-electron chi connectivity index (χ3n) is 3.07. The van der Waals surface area contributed by atoms with E-state index in [9.17, 15) is 0 Å². The molecular weight excluding hydrogens is 316 g/mol. The highest BCUT2D eigenvalue weighted by Gasteiger charge is 1.99. The molecule has 0 aromatic heterocycles. The van der Waals surface area contributed by atoms with Crippen molar-refractivity contribution in [3.8, 4) is 5.75 Å². The molecule has 2 aromatic carbocycles. The van der Waals surface area contributed by atoms with Gasteiger partial charge in [-0.15, -0.1) is 0 Å². The molecule has 0 unspecified atom stereocenters. The standard InChI is InChI=1S/C17H19BrO2/c18-16-8-3-7-15(11-16)13-20-17-9-4-6-14(12-17)5-1-2-10-19/h3-4,6-9,11-12,19H,1-2,5,10,13H2. The van der Waals surface area contributed by atoms with Gasteiger partial charge in [-0.25, -0.2) is 0 Å². The minimum atomic E-state index is 0.263. The number of halogens is 1. The van der Waals surface area contributed by atoms with Crippen molar-refractivity contribution in [1.82, 2.24) is 0 Å². The van der Waals surface area contributed by atoms with E-state index in [1.165, 1.54) is 5.56 Å². The smallest absolute Gasteiger partial charge is 0.120 e. The number of rotatable bonds is 7. The predicted octanol–water partition coefficient (Wildman–Crippen LogP) is 4.34. The first-order valence-electron chi connectivity index (χ1n) is 6.85. The van der Waals surface area contributed by atoms with Gasteiger partial charge >= 0.3 is 0 Å². The summed E-state index contributed by atoms with van der Waals surface area (Å²) >= 11 is 3.46. The van der Waals surface area contributed by atoms with E-state index in [-0.39, 0.29) is 6.61 Å². The molecule has 2 nitrogen and oxygen atoms in total. The molecule has 0 heterocycles. The zero-order valence-corrected chi connectivity index (χ0v) is 13.0. The highest BCUT2D eigenvalue weighted by Crippen LogP contribution is 2.18. The maximum absolute atomic E-state index is 8.80. The molecule has 20 heavy (non-hydrogen) atoms. The molecule has 0 aliphatic rings. The Morgan fingerprint density at radius 3 is 2.55 bits per heavy atom. The summed E-state index contributed by atoms with van der Waals surface area (Å²) in [4.78, 5) is 0. The Morgan fingerprint density at radius 2 is 1.75 bits per heavy atom. The third kappa shape index (κ3) is 4.99. The first-order valence-corrected chi connectivity index (χ1v) is 7.64. The molecule has 0 spiro atoms. The van der Waals surface area contributed by atoms with Crippen LogP contribution in [-0.2, 0) is 13.0 Å². The largest absolute Gasteiger partial charge is 0.489 e. The van der Waals surface area contributed by atoms with Crippen LogP contribution in [0.15, 0.2) is 53.0 Å². The normalized spacial score (nSPS) is 10.5. The molecule has 106 valence electrons. The van der Waals surface area contributed by atoms with Gasteiger partial charge in [0.15, 0.2) is 0 Å². The van der Waals surface area contributed by atoms with Crippen molar-refractivity contribution >= 4 is 15.9 Å². The molecule has 0 aliphatic heterocycles. The SMILES string of the molecule is OCCCCc1cccc(OCc2cccc(Br)c2)c1. The summed E-state index contributed by atoms with van der Waals surface area (Å²) in [5, 5.41) is 8.80. The van der Waals surface area contributed by atoms with Crippen molar-refractivity contribution in [1.29, 1.82) is 0 Å². The second-order valence-electron chi connectivity index (χ2n) is 4.75. The van der Waals surface area contributed by atoms with E-state index in [0.29, 0.717) is 6.61 Å². The number of benzene rings is 2. The fourth-order valence-electron chi connectivity index (χ4n) is 2.03. The van der Waals surface area contributed by atoms with Gasteiger partial charge in [0.25, 0.3) is 0 Å². The molecule has 0 bridgehead atoms. The van der Waals surface area contributed by atoms with Crippen LogP contribution in [0, 0.1) is 0 Å². The molecule has 0 atom stereocenters. The minimum Gasteiger partial charge on any atom is -0.489 e. The van der Waals surface area contributed by atoms with Crippen LogP contribution in [0.5, 0.6) is 5.75 Å². The Labute approximate surface area is 128 Å². The third-order valence-corrected chi connectivity index (χ3v) is 3.56. The van der Waals surface area contributed by atoms with Crippen LogP contribution in [0.25, 0.3) is 0 Å². The van der Waals surface area contributed by atoms with E-state index in [0.717, 1.165) is 35.0 Å². The molecule has 2 aromatic rings. The van der Waals surface area contributed by atoms with Crippen molar-refractivity contribution < 1.29 is 9.84 Å². The molecule has 0 saturated carbocycles. The Kier molecular flexibility index (Phi) is 6.09. The summed E-state index contributed by atoms with van der Waals surface area (Å²) in [6.07, 6.45) is 2.84. The van der Waals surface area contributed by atoms with Crippen LogP contribution in [0.4, 0.5) is 0 Å². The maximum Gasteiger partial charge on any atom is 0.120 e. The lowest BCUT2D eigenvalue weighted by Crippen LogP contribution is -1.96. The number of ether oxygens (including phenoxy) is 1.